The molecular weight excluding hydrogens is 307 g/mol. The maximum atomic E-state index is 12.3. The fraction of sp³-hybridized carbons (Fsp3) is 0. The molecule has 2 rings (SSSR count). The first-order valence-corrected chi connectivity index (χ1v) is 7.47. The van der Waals surface area contributed by atoms with Crippen molar-refractivity contribution in [1.82, 2.24) is 0 Å². The third kappa shape index (κ3) is 2.94. The van der Waals surface area contributed by atoms with Gasteiger partial charge in [0.05, 0.1) is 21.4 Å². The van der Waals surface area contributed by atoms with E-state index in [9.17, 15) is 8.42 Å². The summed E-state index contributed by atoms with van der Waals surface area (Å²) in [4.78, 5) is -0.165. The number of nitrogen functional groups attached to an aromatic ring is 1. The lowest BCUT2D eigenvalue weighted by Gasteiger charge is -2.12. The van der Waals surface area contributed by atoms with Gasteiger partial charge in [-0.2, -0.15) is 0 Å². The third-order valence-corrected chi connectivity index (χ3v) is 4.71. The predicted octanol–water partition coefficient (Wildman–Crippen LogP) is 3.38. The van der Waals surface area contributed by atoms with Gasteiger partial charge >= 0.3 is 0 Å². The van der Waals surface area contributed by atoms with Crippen molar-refractivity contribution in [3.63, 3.8) is 0 Å². The van der Waals surface area contributed by atoms with Crippen LogP contribution in [-0.2, 0) is 10.0 Å². The van der Waals surface area contributed by atoms with Crippen LogP contribution in [0.1, 0.15) is 0 Å². The van der Waals surface area contributed by atoms with E-state index in [0.717, 1.165) is 0 Å². The summed E-state index contributed by atoms with van der Waals surface area (Å²) in [5, 5.41) is 0.101. The molecule has 0 bridgehead atoms. The zero-order valence-electron chi connectivity index (χ0n) is 9.60. The molecule has 0 saturated carbocycles. The minimum atomic E-state index is -3.89. The standard InChI is InChI=1S/C12H10Cl2N2O2S/c13-8-4-3-5-9(14)12(8)19(17,18)16-11-7-2-1-6-10(11)15/h1-7,16H,15H2. The molecule has 2 aromatic rings. The Morgan fingerprint density at radius 2 is 1.53 bits per heavy atom. The average molecular weight is 317 g/mol. The molecule has 19 heavy (non-hydrogen) atoms. The Morgan fingerprint density at radius 3 is 2.11 bits per heavy atom. The number of hydrogen-bond donors (Lipinski definition) is 2. The second-order valence-corrected chi connectivity index (χ2v) is 6.18. The van der Waals surface area contributed by atoms with Crippen LogP contribution in [0.4, 0.5) is 11.4 Å². The summed E-state index contributed by atoms with van der Waals surface area (Å²) in [6.07, 6.45) is 0. The summed E-state index contributed by atoms with van der Waals surface area (Å²) in [5.41, 5.74) is 6.28. The normalized spacial score (nSPS) is 11.3. The summed E-state index contributed by atoms with van der Waals surface area (Å²) < 4.78 is 26.9. The first kappa shape index (κ1) is 14.0. The van der Waals surface area contributed by atoms with Gasteiger partial charge in [0, 0.05) is 0 Å². The maximum Gasteiger partial charge on any atom is 0.264 e. The van der Waals surface area contributed by atoms with Gasteiger partial charge in [0.25, 0.3) is 10.0 Å². The molecule has 0 amide bonds. The van der Waals surface area contributed by atoms with Crippen molar-refractivity contribution >= 4 is 44.6 Å². The Bertz CT molecular complexity index is 697. The van der Waals surface area contributed by atoms with Gasteiger partial charge in [-0.1, -0.05) is 41.4 Å². The van der Waals surface area contributed by atoms with Crippen LogP contribution in [0, 0.1) is 0 Å². The Morgan fingerprint density at radius 1 is 0.947 bits per heavy atom. The van der Waals surface area contributed by atoms with Gasteiger partial charge in [-0.05, 0) is 24.3 Å². The minimum Gasteiger partial charge on any atom is -0.397 e. The molecule has 0 aliphatic carbocycles. The van der Waals surface area contributed by atoms with Gasteiger partial charge in [0.2, 0.25) is 0 Å². The van der Waals surface area contributed by atoms with Crippen molar-refractivity contribution in [3.05, 3.63) is 52.5 Å². The molecule has 0 heterocycles. The molecule has 2 aromatic carbocycles. The summed E-state index contributed by atoms with van der Waals surface area (Å²) in [6.45, 7) is 0. The second-order valence-electron chi connectivity index (χ2n) is 3.74. The zero-order chi connectivity index (χ0) is 14.0. The van der Waals surface area contributed by atoms with E-state index in [1.807, 2.05) is 0 Å². The third-order valence-electron chi connectivity index (χ3n) is 2.39. The number of rotatable bonds is 3. The number of halogens is 2. The van der Waals surface area contributed by atoms with E-state index in [1.165, 1.54) is 12.1 Å². The van der Waals surface area contributed by atoms with Crippen LogP contribution < -0.4 is 10.5 Å². The predicted molar refractivity (Wildman–Crippen MR) is 78.1 cm³/mol. The largest absolute Gasteiger partial charge is 0.397 e. The Balaban J connectivity index is 2.47. The smallest absolute Gasteiger partial charge is 0.264 e. The summed E-state index contributed by atoms with van der Waals surface area (Å²) in [5.74, 6) is 0. The second kappa shape index (κ2) is 5.28. The van der Waals surface area contributed by atoms with Crippen LogP contribution in [0.15, 0.2) is 47.4 Å². The average Bonchev–Trinajstić information content (AvgIpc) is 2.31. The van der Waals surface area contributed by atoms with Crippen LogP contribution in [0.2, 0.25) is 10.0 Å². The molecule has 0 atom stereocenters. The van der Waals surface area contributed by atoms with Crippen LogP contribution >= 0.6 is 23.2 Å². The molecule has 0 aliphatic heterocycles. The van der Waals surface area contributed by atoms with E-state index in [1.54, 1.807) is 30.3 Å². The number of nitrogens with two attached hydrogens (primary N) is 1. The Hall–Kier alpha value is -1.43. The number of para-hydroxylation sites is 2. The summed E-state index contributed by atoms with van der Waals surface area (Å²) >= 11 is 11.8. The van der Waals surface area contributed by atoms with Gasteiger partial charge in [-0.3, -0.25) is 4.72 Å². The highest BCUT2D eigenvalue weighted by molar-refractivity contribution is 7.93. The fourth-order valence-corrected chi connectivity index (χ4v) is 3.76. The minimum absolute atomic E-state index is 0.0505. The molecule has 0 unspecified atom stereocenters. The highest BCUT2D eigenvalue weighted by Gasteiger charge is 2.22. The quantitative estimate of drug-likeness (QED) is 0.853. The monoisotopic (exact) mass is 316 g/mol. The number of nitrogens with one attached hydrogen (secondary N) is 1. The molecule has 7 heteroatoms. The van der Waals surface area contributed by atoms with Crippen molar-refractivity contribution < 1.29 is 8.42 Å². The molecular formula is C12H10Cl2N2O2S. The number of sulfonamides is 1. The van der Waals surface area contributed by atoms with E-state index < -0.39 is 10.0 Å². The van der Waals surface area contributed by atoms with E-state index in [-0.39, 0.29) is 20.6 Å². The number of anilines is 2. The molecule has 0 spiro atoms. The molecule has 4 nitrogen and oxygen atoms in total. The van der Waals surface area contributed by atoms with Crippen LogP contribution in [-0.4, -0.2) is 8.42 Å². The van der Waals surface area contributed by atoms with Crippen LogP contribution in [0.25, 0.3) is 0 Å². The van der Waals surface area contributed by atoms with E-state index in [2.05, 4.69) is 4.72 Å². The molecule has 0 fully saturated rings. The lowest BCUT2D eigenvalue weighted by atomic mass is 10.3. The number of benzene rings is 2. The van der Waals surface area contributed by atoms with Crippen LogP contribution in [0.3, 0.4) is 0 Å². The van der Waals surface area contributed by atoms with E-state index in [0.29, 0.717) is 5.69 Å². The van der Waals surface area contributed by atoms with Crippen LogP contribution in [0.5, 0.6) is 0 Å². The van der Waals surface area contributed by atoms with Gasteiger partial charge in [-0.15, -0.1) is 0 Å². The van der Waals surface area contributed by atoms with Crippen molar-refractivity contribution in [3.8, 4) is 0 Å². The van der Waals surface area contributed by atoms with Gasteiger partial charge in [0.15, 0.2) is 0 Å². The SMILES string of the molecule is Nc1ccccc1NS(=O)(=O)c1c(Cl)cccc1Cl. The summed E-state index contributed by atoms with van der Waals surface area (Å²) in [7, 11) is -3.89. The lowest BCUT2D eigenvalue weighted by molar-refractivity contribution is 0.601. The fourth-order valence-electron chi connectivity index (χ4n) is 1.52. The Kier molecular flexibility index (Phi) is 3.89. The maximum absolute atomic E-state index is 12.3. The Labute approximate surface area is 121 Å². The molecule has 0 aliphatic rings. The van der Waals surface area contributed by atoms with Gasteiger partial charge in [-0.25, -0.2) is 8.42 Å². The molecule has 0 radical (unpaired) electrons. The number of hydrogen-bond acceptors (Lipinski definition) is 3. The van der Waals surface area contributed by atoms with Crippen molar-refractivity contribution in [2.75, 3.05) is 10.5 Å². The van der Waals surface area contributed by atoms with E-state index in [4.69, 9.17) is 28.9 Å². The lowest BCUT2D eigenvalue weighted by Crippen LogP contribution is -2.15. The van der Waals surface area contributed by atoms with Gasteiger partial charge in [0.1, 0.15) is 4.90 Å². The highest BCUT2D eigenvalue weighted by Crippen LogP contribution is 2.31. The zero-order valence-corrected chi connectivity index (χ0v) is 11.9. The topological polar surface area (TPSA) is 72.2 Å². The van der Waals surface area contributed by atoms with Crippen molar-refractivity contribution in [1.29, 1.82) is 0 Å². The molecule has 3 N–H and O–H groups in total. The molecule has 100 valence electrons. The van der Waals surface area contributed by atoms with E-state index >= 15 is 0 Å². The molecule has 0 aromatic heterocycles. The molecule has 0 saturated heterocycles. The first-order valence-electron chi connectivity index (χ1n) is 5.23. The first-order chi connectivity index (χ1) is 8.92. The summed E-state index contributed by atoms with van der Waals surface area (Å²) in [6, 6.07) is 11.0. The van der Waals surface area contributed by atoms with Crippen molar-refractivity contribution in [2.45, 2.75) is 4.90 Å². The van der Waals surface area contributed by atoms with Crippen molar-refractivity contribution in [2.24, 2.45) is 0 Å². The van der Waals surface area contributed by atoms with Gasteiger partial charge < -0.3 is 5.73 Å². The highest BCUT2D eigenvalue weighted by atomic mass is 35.5.